The smallest absolute Gasteiger partial charge is 0.291 e. The lowest BCUT2D eigenvalue weighted by Gasteiger charge is -2.03. The zero-order valence-electron chi connectivity index (χ0n) is 10.7. The molecule has 0 saturated carbocycles. The average molecular weight is 288 g/mol. The molecule has 1 aromatic heterocycles. The Morgan fingerprint density at radius 2 is 1.86 bits per heavy atom. The highest BCUT2D eigenvalue weighted by molar-refractivity contribution is 6.04. The Bertz CT molecular complexity index is 843. The van der Waals surface area contributed by atoms with Gasteiger partial charge in [-0.1, -0.05) is 0 Å². The fourth-order valence-corrected chi connectivity index (χ4v) is 1.94. The Balaban J connectivity index is 1.87. The lowest BCUT2D eigenvalue weighted by molar-refractivity contribution is 0.0998. The summed E-state index contributed by atoms with van der Waals surface area (Å²) in [5, 5.41) is 3.12. The van der Waals surface area contributed by atoms with Crippen molar-refractivity contribution in [2.75, 3.05) is 11.1 Å². The van der Waals surface area contributed by atoms with E-state index in [9.17, 15) is 13.6 Å². The van der Waals surface area contributed by atoms with Crippen LogP contribution >= 0.6 is 0 Å². The molecule has 6 heteroatoms. The fourth-order valence-electron chi connectivity index (χ4n) is 1.94. The van der Waals surface area contributed by atoms with Crippen molar-refractivity contribution in [2.45, 2.75) is 0 Å². The van der Waals surface area contributed by atoms with E-state index in [0.717, 1.165) is 12.1 Å². The first kappa shape index (κ1) is 13.1. The lowest BCUT2D eigenvalue weighted by Crippen LogP contribution is -2.11. The summed E-state index contributed by atoms with van der Waals surface area (Å²) in [5.41, 5.74) is 6.85. The average Bonchev–Trinajstić information content (AvgIpc) is 2.86. The molecule has 3 aromatic rings. The number of benzene rings is 2. The van der Waals surface area contributed by atoms with Crippen LogP contribution in [-0.4, -0.2) is 5.91 Å². The Morgan fingerprint density at radius 1 is 1.05 bits per heavy atom. The van der Waals surface area contributed by atoms with E-state index in [4.69, 9.17) is 10.2 Å². The van der Waals surface area contributed by atoms with Gasteiger partial charge in [-0.3, -0.25) is 4.79 Å². The van der Waals surface area contributed by atoms with Crippen molar-refractivity contribution < 1.29 is 18.0 Å². The van der Waals surface area contributed by atoms with Crippen LogP contribution in [0.3, 0.4) is 0 Å². The molecule has 0 atom stereocenters. The number of carbonyl (C=O) groups excluding carboxylic acids is 1. The second-order valence-electron chi connectivity index (χ2n) is 4.49. The SMILES string of the molecule is Nc1ccc2oc(C(=O)Nc3ccc(F)c(F)c3)cc2c1. The first-order valence-corrected chi connectivity index (χ1v) is 6.08. The van der Waals surface area contributed by atoms with E-state index in [2.05, 4.69) is 5.32 Å². The Morgan fingerprint density at radius 3 is 2.62 bits per heavy atom. The molecule has 2 aromatic carbocycles. The minimum atomic E-state index is -1.04. The molecule has 1 heterocycles. The molecule has 0 fully saturated rings. The van der Waals surface area contributed by atoms with Crippen LogP contribution in [0.25, 0.3) is 11.0 Å². The van der Waals surface area contributed by atoms with Crippen LogP contribution in [0.4, 0.5) is 20.2 Å². The first-order valence-electron chi connectivity index (χ1n) is 6.08. The fraction of sp³-hybridized carbons (Fsp3) is 0. The molecule has 1 amide bonds. The maximum Gasteiger partial charge on any atom is 0.291 e. The van der Waals surface area contributed by atoms with Gasteiger partial charge in [-0.15, -0.1) is 0 Å². The number of carbonyl (C=O) groups is 1. The summed E-state index contributed by atoms with van der Waals surface area (Å²) in [5.74, 6) is -2.52. The number of halogens is 2. The molecule has 106 valence electrons. The number of amides is 1. The first-order chi connectivity index (χ1) is 10.0. The second kappa shape index (κ2) is 4.90. The number of nitrogen functional groups attached to an aromatic ring is 1. The molecule has 0 unspecified atom stereocenters. The van der Waals surface area contributed by atoms with E-state index in [-0.39, 0.29) is 11.4 Å². The van der Waals surface area contributed by atoms with E-state index in [0.29, 0.717) is 16.7 Å². The van der Waals surface area contributed by atoms with Crippen LogP contribution in [0.15, 0.2) is 46.9 Å². The molecule has 0 spiro atoms. The third-order valence-electron chi connectivity index (χ3n) is 2.94. The number of furan rings is 1. The van der Waals surface area contributed by atoms with Crippen molar-refractivity contribution in [3.8, 4) is 0 Å². The molecule has 4 nitrogen and oxygen atoms in total. The summed E-state index contributed by atoms with van der Waals surface area (Å²) in [6.45, 7) is 0. The van der Waals surface area contributed by atoms with Gasteiger partial charge in [-0.25, -0.2) is 8.78 Å². The van der Waals surface area contributed by atoms with Gasteiger partial charge < -0.3 is 15.5 Å². The topological polar surface area (TPSA) is 68.3 Å². The molecular weight excluding hydrogens is 278 g/mol. The summed E-state index contributed by atoms with van der Waals surface area (Å²) < 4.78 is 31.3. The van der Waals surface area contributed by atoms with Crippen LogP contribution < -0.4 is 11.1 Å². The van der Waals surface area contributed by atoms with E-state index in [1.807, 2.05) is 0 Å². The van der Waals surface area contributed by atoms with Gasteiger partial charge in [0.2, 0.25) is 0 Å². The van der Waals surface area contributed by atoms with Gasteiger partial charge in [-0.05, 0) is 36.4 Å². The minimum Gasteiger partial charge on any atom is -0.451 e. The van der Waals surface area contributed by atoms with Gasteiger partial charge in [0.1, 0.15) is 5.58 Å². The van der Waals surface area contributed by atoms with Crippen molar-refractivity contribution in [1.82, 2.24) is 0 Å². The van der Waals surface area contributed by atoms with Crippen molar-refractivity contribution in [2.24, 2.45) is 0 Å². The molecule has 3 N–H and O–H groups in total. The zero-order valence-corrected chi connectivity index (χ0v) is 10.7. The summed E-state index contributed by atoms with van der Waals surface area (Å²) >= 11 is 0. The van der Waals surface area contributed by atoms with Gasteiger partial charge in [-0.2, -0.15) is 0 Å². The second-order valence-corrected chi connectivity index (χ2v) is 4.49. The van der Waals surface area contributed by atoms with Gasteiger partial charge >= 0.3 is 0 Å². The highest BCUT2D eigenvalue weighted by atomic mass is 19.2. The summed E-state index contributed by atoms with van der Waals surface area (Å²) in [4.78, 5) is 12.0. The van der Waals surface area contributed by atoms with Crippen LogP contribution in [0.5, 0.6) is 0 Å². The van der Waals surface area contributed by atoms with Crippen molar-refractivity contribution in [3.05, 3.63) is 59.9 Å². The molecule has 0 saturated heterocycles. The van der Waals surface area contributed by atoms with Gasteiger partial charge in [0, 0.05) is 22.8 Å². The quantitative estimate of drug-likeness (QED) is 0.709. The van der Waals surface area contributed by atoms with E-state index in [1.165, 1.54) is 12.1 Å². The number of anilines is 2. The number of rotatable bonds is 2. The molecule has 0 radical (unpaired) electrons. The zero-order chi connectivity index (χ0) is 15.0. The number of hydrogen-bond acceptors (Lipinski definition) is 3. The van der Waals surface area contributed by atoms with E-state index in [1.54, 1.807) is 18.2 Å². The molecular formula is C15H10F2N2O2. The van der Waals surface area contributed by atoms with Crippen LogP contribution in [-0.2, 0) is 0 Å². The predicted octanol–water partition coefficient (Wildman–Crippen LogP) is 3.55. The van der Waals surface area contributed by atoms with Crippen LogP contribution in [0.2, 0.25) is 0 Å². The van der Waals surface area contributed by atoms with Crippen LogP contribution in [0.1, 0.15) is 10.6 Å². The van der Waals surface area contributed by atoms with Crippen molar-refractivity contribution >= 4 is 28.3 Å². The van der Waals surface area contributed by atoms with Crippen LogP contribution in [0, 0.1) is 11.6 Å². The van der Waals surface area contributed by atoms with Gasteiger partial charge in [0.15, 0.2) is 17.4 Å². The number of nitrogens with two attached hydrogens (primary N) is 1. The van der Waals surface area contributed by atoms with Crippen molar-refractivity contribution in [1.29, 1.82) is 0 Å². The highest BCUT2D eigenvalue weighted by Gasteiger charge is 2.13. The number of fused-ring (bicyclic) bond motifs is 1. The molecule has 21 heavy (non-hydrogen) atoms. The maximum absolute atomic E-state index is 13.1. The molecule has 0 aliphatic carbocycles. The lowest BCUT2D eigenvalue weighted by atomic mass is 10.2. The minimum absolute atomic E-state index is 0.0559. The van der Waals surface area contributed by atoms with Gasteiger partial charge in [0.05, 0.1) is 0 Å². The third-order valence-corrected chi connectivity index (χ3v) is 2.94. The Kier molecular flexibility index (Phi) is 3.06. The Hall–Kier alpha value is -2.89. The molecule has 0 bridgehead atoms. The third kappa shape index (κ3) is 2.55. The number of nitrogens with one attached hydrogen (secondary N) is 1. The highest BCUT2D eigenvalue weighted by Crippen LogP contribution is 2.22. The van der Waals surface area contributed by atoms with E-state index >= 15 is 0 Å². The largest absolute Gasteiger partial charge is 0.451 e. The molecule has 0 aliphatic rings. The summed E-state index contributed by atoms with van der Waals surface area (Å²) in [6.07, 6.45) is 0. The van der Waals surface area contributed by atoms with Crippen molar-refractivity contribution in [3.63, 3.8) is 0 Å². The maximum atomic E-state index is 13.1. The van der Waals surface area contributed by atoms with E-state index < -0.39 is 17.5 Å². The predicted molar refractivity (Wildman–Crippen MR) is 74.9 cm³/mol. The normalized spacial score (nSPS) is 10.8. The summed E-state index contributed by atoms with van der Waals surface area (Å²) in [7, 11) is 0. The number of hydrogen-bond donors (Lipinski definition) is 2. The monoisotopic (exact) mass is 288 g/mol. The molecule has 3 rings (SSSR count). The summed E-state index contributed by atoms with van der Waals surface area (Å²) in [6, 6.07) is 9.60. The standard InChI is InChI=1S/C15H10F2N2O2/c16-11-3-2-10(7-12(11)17)19-15(20)14-6-8-5-9(18)1-4-13(8)21-14/h1-7H,18H2,(H,19,20). The Labute approximate surface area is 118 Å². The van der Waals surface area contributed by atoms with Gasteiger partial charge in [0.25, 0.3) is 5.91 Å². The molecule has 0 aliphatic heterocycles.